The largest absolute Gasteiger partial charge is 0.462 e. The maximum atomic E-state index is 10.6. The van der Waals surface area contributed by atoms with E-state index in [0.29, 0.717) is 0 Å². The fourth-order valence-corrected chi connectivity index (χ4v) is 0.394. The molecule has 6 heteroatoms. The first-order valence-corrected chi connectivity index (χ1v) is 2.69. The van der Waals surface area contributed by atoms with Crippen molar-refractivity contribution in [3.05, 3.63) is 5.53 Å². The highest BCUT2D eigenvalue weighted by molar-refractivity contribution is 6.61. The molecule has 0 unspecified atom stereocenters. The summed E-state index contributed by atoms with van der Waals surface area (Å²) in [7, 11) is 2.38. The Labute approximate surface area is 62.8 Å². The maximum absolute atomic E-state index is 10.6. The molecular formula is C5H7N3O3. The third kappa shape index (κ3) is 2.19. The molecule has 0 atom stereocenters. The predicted octanol–water partition coefficient (Wildman–Crippen LogP) is -1.42. The minimum Gasteiger partial charge on any atom is -0.460 e. The van der Waals surface area contributed by atoms with Crippen molar-refractivity contribution in [2.45, 2.75) is 0 Å². The summed E-state index contributed by atoms with van der Waals surface area (Å²) in [6.07, 6.45) is 0. The number of methoxy groups -OCH3 is 1. The number of esters is 1. The maximum Gasteiger partial charge on any atom is 0.462 e. The molecule has 0 saturated carbocycles. The van der Waals surface area contributed by atoms with E-state index in [4.69, 9.17) is 5.53 Å². The number of hydrogen-bond acceptors (Lipinski definition) is 3. The van der Waals surface area contributed by atoms with Gasteiger partial charge in [0.2, 0.25) is 0 Å². The third-order valence-corrected chi connectivity index (χ3v) is 0.921. The number of rotatable bonds is 2. The van der Waals surface area contributed by atoms with E-state index in [1.807, 2.05) is 0 Å². The second kappa shape index (κ2) is 4.19. The summed E-state index contributed by atoms with van der Waals surface area (Å²) >= 11 is 0. The van der Waals surface area contributed by atoms with Crippen LogP contribution < -0.4 is 5.32 Å². The second-order valence-electron chi connectivity index (χ2n) is 1.52. The van der Waals surface area contributed by atoms with Crippen LogP contribution in [0.3, 0.4) is 0 Å². The Kier molecular flexibility index (Phi) is 3.55. The van der Waals surface area contributed by atoms with Crippen molar-refractivity contribution in [2.24, 2.45) is 0 Å². The van der Waals surface area contributed by atoms with Crippen LogP contribution in [0.2, 0.25) is 0 Å². The summed E-state index contributed by atoms with van der Waals surface area (Å²) < 4.78 is 4.14. The standard InChI is InChI=1S/C5H7N3O3/c1-7-4(9)3(8-6)5(10)11-2/h1-2H3,(H,7,9). The van der Waals surface area contributed by atoms with E-state index in [1.165, 1.54) is 7.05 Å². The summed E-state index contributed by atoms with van der Waals surface area (Å²) in [4.78, 5) is 23.7. The molecule has 0 aliphatic carbocycles. The average Bonchev–Trinajstić information content (AvgIpc) is 2.05. The number of carbonyl (C=O) groups excluding carboxylic acids is 2. The van der Waals surface area contributed by atoms with Gasteiger partial charge in [0.1, 0.15) is 0 Å². The van der Waals surface area contributed by atoms with Gasteiger partial charge in [0.05, 0.1) is 7.11 Å². The van der Waals surface area contributed by atoms with Crippen LogP contribution in [0.15, 0.2) is 0 Å². The van der Waals surface area contributed by atoms with E-state index in [-0.39, 0.29) is 0 Å². The number of nitrogens with zero attached hydrogens (tertiary/aromatic N) is 2. The fraction of sp³-hybridized carbons (Fsp3) is 0.400. The van der Waals surface area contributed by atoms with Gasteiger partial charge < -0.3 is 15.6 Å². The summed E-state index contributed by atoms with van der Waals surface area (Å²) in [5.41, 5.74) is 7.48. The van der Waals surface area contributed by atoms with Gasteiger partial charge in [0, 0.05) is 7.05 Å². The molecule has 0 fully saturated rings. The second-order valence-corrected chi connectivity index (χ2v) is 1.52. The summed E-state index contributed by atoms with van der Waals surface area (Å²) in [6.45, 7) is 0. The Bertz CT molecular complexity index is 211. The normalized spacial score (nSPS) is 7.82. The van der Waals surface area contributed by atoms with Crippen LogP contribution in [0, 0.1) is 0 Å². The van der Waals surface area contributed by atoms with E-state index in [0.717, 1.165) is 7.11 Å². The van der Waals surface area contributed by atoms with Crippen LogP contribution in [0.1, 0.15) is 0 Å². The van der Waals surface area contributed by atoms with Crippen molar-refractivity contribution in [3.63, 3.8) is 0 Å². The molecule has 6 nitrogen and oxygen atoms in total. The monoisotopic (exact) mass is 157 g/mol. The zero-order valence-electron chi connectivity index (χ0n) is 6.12. The summed E-state index contributed by atoms with van der Waals surface area (Å²) in [5.74, 6) is -1.77. The molecule has 0 aromatic heterocycles. The van der Waals surface area contributed by atoms with Crippen LogP contribution >= 0.6 is 0 Å². The minimum atomic E-state index is -0.980. The van der Waals surface area contributed by atoms with E-state index >= 15 is 0 Å². The zero-order valence-corrected chi connectivity index (χ0v) is 6.12. The first kappa shape index (κ1) is 9.32. The molecule has 0 spiro atoms. The van der Waals surface area contributed by atoms with Crippen molar-refractivity contribution in [2.75, 3.05) is 14.2 Å². The molecular weight excluding hydrogens is 150 g/mol. The van der Waals surface area contributed by atoms with E-state index in [2.05, 4.69) is 14.8 Å². The van der Waals surface area contributed by atoms with Crippen LogP contribution in [0.4, 0.5) is 0 Å². The lowest BCUT2D eigenvalue weighted by Gasteiger charge is -1.91. The quantitative estimate of drug-likeness (QED) is 0.175. The lowest BCUT2D eigenvalue weighted by molar-refractivity contribution is -0.139. The Morgan fingerprint density at radius 3 is 2.36 bits per heavy atom. The molecule has 0 rings (SSSR count). The Hall–Kier alpha value is -1.68. The van der Waals surface area contributed by atoms with E-state index in [1.54, 1.807) is 0 Å². The predicted molar refractivity (Wildman–Crippen MR) is 34.7 cm³/mol. The van der Waals surface area contributed by atoms with Crippen LogP contribution in [-0.2, 0) is 14.3 Å². The summed E-state index contributed by atoms with van der Waals surface area (Å²) in [6, 6.07) is 0. The average molecular weight is 157 g/mol. The molecule has 1 N–H and O–H groups in total. The number of amides is 1. The van der Waals surface area contributed by atoms with Crippen molar-refractivity contribution in [3.8, 4) is 0 Å². The minimum absolute atomic E-state index is 0.671. The zero-order chi connectivity index (χ0) is 8.85. The number of carbonyl (C=O) groups is 2. The van der Waals surface area contributed by atoms with Gasteiger partial charge >= 0.3 is 17.6 Å². The van der Waals surface area contributed by atoms with Crippen molar-refractivity contribution >= 4 is 17.6 Å². The molecule has 0 heterocycles. The lowest BCUT2D eigenvalue weighted by Crippen LogP contribution is -2.34. The summed E-state index contributed by atoms with van der Waals surface area (Å²) in [5, 5.41) is 2.10. The Morgan fingerprint density at radius 2 is 2.09 bits per heavy atom. The molecule has 1 amide bonds. The highest BCUT2D eigenvalue weighted by atomic mass is 16.5. The van der Waals surface area contributed by atoms with E-state index in [9.17, 15) is 9.59 Å². The first-order valence-electron chi connectivity index (χ1n) is 2.69. The van der Waals surface area contributed by atoms with Gasteiger partial charge in [-0.05, 0) is 0 Å². The molecule has 0 aliphatic rings. The lowest BCUT2D eigenvalue weighted by atomic mass is 10.3. The fourth-order valence-electron chi connectivity index (χ4n) is 0.394. The highest BCUT2D eigenvalue weighted by Gasteiger charge is 2.29. The third-order valence-electron chi connectivity index (χ3n) is 0.921. The van der Waals surface area contributed by atoms with Gasteiger partial charge in [-0.1, -0.05) is 0 Å². The molecule has 0 saturated heterocycles. The first-order chi connectivity index (χ1) is 5.17. The number of ether oxygens (including phenoxy) is 1. The van der Waals surface area contributed by atoms with Gasteiger partial charge in [-0.2, -0.15) is 4.79 Å². The number of hydrogen-bond donors (Lipinski definition) is 1. The van der Waals surface area contributed by atoms with Crippen molar-refractivity contribution in [1.29, 1.82) is 0 Å². The molecule has 0 radical (unpaired) electrons. The SMILES string of the molecule is CNC(=O)C(=[N+]=[N-])C(=O)OC. The topological polar surface area (TPSA) is 91.8 Å². The smallest absolute Gasteiger partial charge is 0.460 e. The van der Waals surface area contributed by atoms with Crippen LogP contribution in [0.25, 0.3) is 5.53 Å². The van der Waals surface area contributed by atoms with Gasteiger partial charge in [-0.15, -0.1) is 0 Å². The molecule has 60 valence electrons. The molecule has 0 bridgehead atoms. The van der Waals surface area contributed by atoms with E-state index < -0.39 is 17.6 Å². The molecule has 11 heavy (non-hydrogen) atoms. The molecule has 0 aliphatic heterocycles. The van der Waals surface area contributed by atoms with Gasteiger partial charge in [0.15, 0.2) is 0 Å². The van der Waals surface area contributed by atoms with Gasteiger partial charge in [-0.3, -0.25) is 4.79 Å². The van der Waals surface area contributed by atoms with Gasteiger partial charge in [-0.25, -0.2) is 4.79 Å². The Morgan fingerprint density at radius 1 is 1.55 bits per heavy atom. The highest BCUT2D eigenvalue weighted by Crippen LogP contribution is 1.77. The van der Waals surface area contributed by atoms with Gasteiger partial charge in [0.25, 0.3) is 0 Å². The number of nitrogens with one attached hydrogen (secondary N) is 1. The van der Waals surface area contributed by atoms with Crippen molar-refractivity contribution in [1.82, 2.24) is 5.32 Å². The van der Waals surface area contributed by atoms with Crippen molar-refractivity contribution < 1.29 is 19.1 Å². The van der Waals surface area contributed by atoms with Crippen LogP contribution in [0.5, 0.6) is 0 Å². The molecule has 0 aromatic carbocycles. The Balaban J connectivity index is 4.57. The molecule has 0 aromatic rings. The van der Waals surface area contributed by atoms with Crippen LogP contribution in [-0.4, -0.2) is 36.5 Å².